The van der Waals surface area contributed by atoms with Crippen molar-refractivity contribution >= 4 is 16.8 Å². The van der Waals surface area contributed by atoms with Gasteiger partial charge in [0, 0.05) is 6.08 Å². The summed E-state index contributed by atoms with van der Waals surface area (Å²) in [5.74, 6) is -54.6. The lowest BCUT2D eigenvalue weighted by atomic mass is 9.91. The number of hydrogen-bond donors (Lipinski definition) is 0. The molecule has 0 saturated carbocycles. The van der Waals surface area contributed by atoms with E-state index in [9.17, 15) is 83.6 Å². The van der Waals surface area contributed by atoms with Crippen molar-refractivity contribution in [3.63, 3.8) is 0 Å². The molecule has 0 N–H and O–H groups in total. The van der Waals surface area contributed by atoms with Crippen LogP contribution in [0, 0.1) is 0 Å². The van der Waals surface area contributed by atoms with Gasteiger partial charge in [0.15, 0.2) is 0 Å². The van der Waals surface area contributed by atoms with Gasteiger partial charge in [-0.15, -0.1) is 0 Å². The second-order valence-corrected chi connectivity index (χ2v) is 7.49. The summed E-state index contributed by atoms with van der Waals surface area (Å²) in [6.45, 7) is 1.12. The molecule has 0 fully saturated rings. The summed E-state index contributed by atoms with van der Waals surface area (Å²) in [4.78, 5) is 10.6. The number of esters is 1. The van der Waals surface area contributed by atoms with Gasteiger partial charge in [-0.3, -0.25) is 4.21 Å². The molecule has 0 bridgehead atoms. The van der Waals surface area contributed by atoms with E-state index in [1.807, 2.05) is 0 Å². The molecular formula is C13H7F17O3S. The minimum Gasteiger partial charge on any atom is -0.462 e. The maximum absolute atomic E-state index is 13.6. The Kier molecular flexibility index (Phi) is 8.51. The van der Waals surface area contributed by atoms with Gasteiger partial charge >= 0.3 is 52.9 Å². The topological polar surface area (TPSA) is 43.4 Å². The van der Waals surface area contributed by atoms with E-state index in [4.69, 9.17) is 0 Å². The Hall–Kier alpha value is -1.83. The Morgan fingerprint density at radius 1 is 0.647 bits per heavy atom. The van der Waals surface area contributed by atoms with Gasteiger partial charge < -0.3 is 4.74 Å². The molecule has 1 unspecified atom stereocenters. The van der Waals surface area contributed by atoms with E-state index >= 15 is 0 Å². The van der Waals surface area contributed by atoms with E-state index in [-0.39, 0.29) is 0 Å². The van der Waals surface area contributed by atoms with Gasteiger partial charge in [-0.05, 0) is 0 Å². The molecule has 0 aliphatic carbocycles. The summed E-state index contributed by atoms with van der Waals surface area (Å²) in [6.07, 6.45) is -7.55. The van der Waals surface area contributed by atoms with E-state index in [1.54, 1.807) is 0 Å². The molecule has 21 heteroatoms. The van der Waals surface area contributed by atoms with Gasteiger partial charge in [-0.1, -0.05) is 6.58 Å². The molecule has 202 valence electrons. The maximum atomic E-state index is 13.6. The van der Waals surface area contributed by atoms with Crippen LogP contribution in [0.4, 0.5) is 74.6 Å². The number of ether oxygens (including phenoxy) is 1. The third-order valence-electron chi connectivity index (χ3n) is 3.66. The van der Waals surface area contributed by atoms with Gasteiger partial charge in [0.2, 0.25) is 0 Å². The first-order chi connectivity index (χ1) is 14.6. The van der Waals surface area contributed by atoms with E-state index < -0.39 is 76.1 Å². The molecule has 0 rings (SSSR count). The molecule has 0 saturated heterocycles. The zero-order chi connectivity index (χ0) is 28.0. The largest absolute Gasteiger partial charge is 0.462 e. The highest BCUT2D eigenvalue weighted by molar-refractivity contribution is 7.86. The fourth-order valence-corrected chi connectivity index (χ4v) is 2.60. The van der Waals surface area contributed by atoms with Crippen LogP contribution in [0.25, 0.3) is 0 Å². The molecule has 0 heterocycles. The molecule has 0 radical (unpaired) electrons. The lowest BCUT2D eigenvalue weighted by molar-refractivity contribution is -0.458. The predicted molar refractivity (Wildman–Crippen MR) is 74.8 cm³/mol. The van der Waals surface area contributed by atoms with E-state index in [1.165, 1.54) is 0 Å². The van der Waals surface area contributed by atoms with Crippen LogP contribution in [0.5, 0.6) is 0 Å². The fraction of sp³-hybridized carbons (Fsp3) is 0.769. The van der Waals surface area contributed by atoms with Gasteiger partial charge in [-0.2, -0.15) is 74.6 Å². The van der Waals surface area contributed by atoms with Crippen LogP contribution in [0.3, 0.4) is 0 Å². The summed E-state index contributed by atoms with van der Waals surface area (Å²) < 4.78 is 237. The van der Waals surface area contributed by atoms with E-state index in [0.717, 1.165) is 0 Å². The average molecular weight is 566 g/mol. The number of carbonyl (C=O) groups is 1. The molecule has 0 spiro atoms. The third kappa shape index (κ3) is 4.54. The molecule has 0 aromatic carbocycles. The molecule has 0 aliphatic heterocycles. The van der Waals surface area contributed by atoms with Crippen molar-refractivity contribution in [2.75, 3.05) is 12.4 Å². The highest BCUT2D eigenvalue weighted by Gasteiger charge is 2.95. The Morgan fingerprint density at radius 3 is 1.29 bits per heavy atom. The number of hydrogen-bond acceptors (Lipinski definition) is 3. The molecule has 1 atom stereocenters. The second-order valence-electron chi connectivity index (χ2n) is 5.88. The van der Waals surface area contributed by atoms with Crippen molar-refractivity contribution in [3.8, 4) is 0 Å². The Labute approximate surface area is 178 Å². The van der Waals surface area contributed by atoms with Crippen molar-refractivity contribution in [1.29, 1.82) is 0 Å². The Bertz CT molecular complexity index is 801. The minimum atomic E-state index is -8.76. The van der Waals surface area contributed by atoms with E-state index in [2.05, 4.69) is 11.3 Å². The Balaban J connectivity index is 6.47. The zero-order valence-electron chi connectivity index (χ0n) is 15.3. The highest BCUT2D eigenvalue weighted by atomic mass is 32.2. The summed E-state index contributed by atoms with van der Waals surface area (Å²) in [5.41, 5.74) is 0. The second kappa shape index (κ2) is 8.99. The molecule has 0 aromatic heterocycles. The van der Waals surface area contributed by atoms with Crippen LogP contribution in [0.2, 0.25) is 0 Å². The van der Waals surface area contributed by atoms with E-state index in [0.29, 0.717) is 6.08 Å². The molecular weight excluding hydrogens is 559 g/mol. The zero-order valence-corrected chi connectivity index (χ0v) is 16.1. The lowest BCUT2D eigenvalue weighted by Gasteiger charge is -2.42. The monoisotopic (exact) mass is 566 g/mol. The fourth-order valence-electron chi connectivity index (χ4n) is 1.70. The summed E-state index contributed by atoms with van der Waals surface area (Å²) >= 11 is 0. The number of halogens is 17. The van der Waals surface area contributed by atoms with Crippen molar-refractivity contribution in [2.24, 2.45) is 0 Å². The van der Waals surface area contributed by atoms with Gasteiger partial charge in [0.05, 0.1) is 5.75 Å². The molecule has 0 aliphatic rings. The molecule has 3 nitrogen and oxygen atoms in total. The van der Waals surface area contributed by atoms with Crippen molar-refractivity contribution in [1.82, 2.24) is 0 Å². The predicted octanol–water partition coefficient (Wildman–Crippen LogP) is 5.43. The normalized spacial score (nSPS) is 16.3. The first kappa shape index (κ1) is 32.2. The highest BCUT2D eigenvalue weighted by Crippen LogP contribution is 2.64. The summed E-state index contributed by atoms with van der Waals surface area (Å²) in [6, 6.07) is 0. The van der Waals surface area contributed by atoms with Crippen LogP contribution < -0.4 is 0 Å². The first-order valence-electron chi connectivity index (χ1n) is 7.52. The average Bonchev–Trinajstić information content (AvgIpc) is 2.65. The number of alkyl halides is 17. The van der Waals surface area contributed by atoms with Crippen LogP contribution in [-0.4, -0.2) is 69.5 Å². The summed E-state index contributed by atoms with van der Waals surface area (Å²) in [7, 11) is -4.85. The quantitative estimate of drug-likeness (QED) is 0.191. The lowest BCUT2D eigenvalue weighted by Crippen LogP contribution is -2.74. The Morgan fingerprint density at radius 2 is 0.971 bits per heavy atom. The van der Waals surface area contributed by atoms with Crippen LogP contribution in [0.15, 0.2) is 12.7 Å². The SMILES string of the molecule is C=CC(=O)OCCS(=O)C(F)(F)C(F)(F)C(F)(F)C(F)(F)C(F)(F)C(F)(F)C(F)(F)C(F)(F)F. The summed E-state index contributed by atoms with van der Waals surface area (Å²) in [5, 5.41) is -7.06. The van der Waals surface area contributed by atoms with Crippen molar-refractivity contribution < 1.29 is 88.4 Å². The van der Waals surface area contributed by atoms with Gasteiger partial charge in [0.1, 0.15) is 17.4 Å². The molecule has 0 amide bonds. The van der Waals surface area contributed by atoms with Gasteiger partial charge in [0.25, 0.3) is 0 Å². The number of rotatable bonds is 11. The van der Waals surface area contributed by atoms with Crippen molar-refractivity contribution in [2.45, 2.75) is 47.0 Å². The molecule has 34 heavy (non-hydrogen) atoms. The van der Waals surface area contributed by atoms with Crippen LogP contribution >= 0.6 is 0 Å². The maximum Gasteiger partial charge on any atom is 0.460 e. The third-order valence-corrected chi connectivity index (χ3v) is 5.02. The number of carbonyl (C=O) groups excluding carboxylic acids is 1. The van der Waals surface area contributed by atoms with Crippen LogP contribution in [-0.2, 0) is 20.3 Å². The van der Waals surface area contributed by atoms with Crippen molar-refractivity contribution in [3.05, 3.63) is 12.7 Å². The standard InChI is InChI=1S/C13H7F17O3S/c1-2-5(31)33-3-4-34(32)13(29,30)11(24,25)9(20,21)7(16,17)6(14,15)8(18,19)10(22,23)12(26,27)28/h2H,1,3-4H2. The minimum absolute atomic E-state index is 0.295. The molecule has 0 aromatic rings. The first-order valence-corrected chi connectivity index (χ1v) is 8.83. The smallest absolute Gasteiger partial charge is 0.460 e. The van der Waals surface area contributed by atoms with Crippen LogP contribution in [0.1, 0.15) is 0 Å². The van der Waals surface area contributed by atoms with Gasteiger partial charge in [-0.25, -0.2) is 4.79 Å².